The Kier molecular flexibility index (Phi) is 2.57. The average molecular weight is 163 g/mol. The van der Waals surface area contributed by atoms with Gasteiger partial charge in [0.05, 0.1) is 6.07 Å². The molecule has 0 aromatic rings. The first-order valence-corrected chi connectivity index (χ1v) is 4.66. The fourth-order valence-corrected chi connectivity index (χ4v) is 1.90. The summed E-state index contributed by atoms with van der Waals surface area (Å²) in [6, 6.07) is 2.32. The van der Waals surface area contributed by atoms with Crippen molar-refractivity contribution in [3.63, 3.8) is 0 Å². The van der Waals surface area contributed by atoms with Gasteiger partial charge in [-0.25, -0.2) is 0 Å². The molecule has 0 bridgehead atoms. The molecule has 1 nitrogen and oxygen atoms in total. The number of nitriles is 1. The van der Waals surface area contributed by atoms with Gasteiger partial charge in [-0.1, -0.05) is 26.8 Å². The zero-order chi connectivity index (χ0) is 9.19. The molecule has 1 heteroatoms. The van der Waals surface area contributed by atoms with Crippen molar-refractivity contribution in [2.24, 2.45) is 11.3 Å². The molecule has 0 aliphatic heterocycles. The Morgan fingerprint density at radius 3 is 2.58 bits per heavy atom. The van der Waals surface area contributed by atoms with Crippen molar-refractivity contribution in [2.75, 3.05) is 0 Å². The molecule has 1 aliphatic carbocycles. The lowest BCUT2D eigenvalue weighted by molar-refractivity contribution is 0.258. The molecule has 0 spiro atoms. The van der Waals surface area contributed by atoms with Crippen LogP contribution in [0, 0.1) is 22.7 Å². The van der Waals surface area contributed by atoms with Crippen LogP contribution in [0.2, 0.25) is 0 Å². The number of nitrogens with zero attached hydrogens (tertiary/aromatic N) is 1. The van der Waals surface area contributed by atoms with E-state index in [1.54, 1.807) is 0 Å². The second kappa shape index (κ2) is 3.31. The second-order valence-electron chi connectivity index (χ2n) is 4.62. The Bertz CT molecular complexity index is 224. The van der Waals surface area contributed by atoms with Gasteiger partial charge in [0, 0.05) is 5.57 Å². The highest BCUT2D eigenvalue weighted by atomic mass is 14.4. The summed E-state index contributed by atoms with van der Waals surface area (Å²) >= 11 is 0. The van der Waals surface area contributed by atoms with Gasteiger partial charge in [0.1, 0.15) is 0 Å². The number of hydrogen-bond acceptors (Lipinski definition) is 1. The van der Waals surface area contributed by atoms with E-state index in [0.717, 1.165) is 12.0 Å². The van der Waals surface area contributed by atoms with Crippen LogP contribution in [0.4, 0.5) is 0 Å². The summed E-state index contributed by atoms with van der Waals surface area (Å²) in [4.78, 5) is 0. The molecule has 12 heavy (non-hydrogen) atoms. The van der Waals surface area contributed by atoms with Crippen LogP contribution in [0.25, 0.3) is 0 Å². The number of allylic oxidation sites excluding steroid dienone is 2. The predicted molar refractivity (Wildman–Crippen MR) is 50.5 cm³/mol. The smallest absolute Gasteiger partial charge is 0.0946 e. The quantitative estimate of drug-likeness (QED) is 0.537. The highest BCUT2D eigenvalue weighted by molar-refractivity contribution is 5.27. The molecule has 1 atom stereocenters. The van der Waals surface area contributed by atoms with Crippen LogP contribution in [0.15, 0.2) is 11.6 Å². The van der Waals surface area contributed by atoms with E-state index >= 15 is 0 Å². The van der Waals surface area contributed by atoms with Crippen molar-refractivity contribution in [2.45, 2.75) is 40.0 Å². The average Bonchev–Trinajstić information content (AvgIpc) is 2.03. The summed E-state index contributed by atoms with van der Waals surface area (Å²) in [7, 11) is 0. The molecule has 66 valence electrons. The van der Waals surface area contributed by atoms with Crippen LogP contribution in [-0.2, 0) is 0 Å². The number of hydrogen-bond donors (Lipinski definition) is 0. The fourth-order valence-electron chi connectivity index (χ4n) is 1.90. The van der Waals surface area contributed by atoms with Crippen LogP contribution in [0.5, 0.6) is 0 Å². The Morgan fingerprint density at radius 2 is 2.17 bits per heavy atom. The summed E-state index contributed by atoms with van der Waals surface area (Å²) in [6.45, 7) is 6.65. The maximum absolute atomic E-state index is 8.91. The largest absolute Gasteiger partial charge is 0.193 e. The molecule has 1 aliphatic rings. The molecule has 0 saturated carbocycles. The van der Waals surface area contributed by atoms with E-state index in [4.69, 9.17) is 5.26 Å². The van der Waals surface area contributed by atoms with Gasteiger partial charge in [-0.15, -0.1) is 0 Å². The minimum Gasteiger partial charge on any atom is -0.193 e. The molecule has 0 radical (unpaired) electrons. The normalized spacial score (nSPS) is 24.5. The van der Waals surface area contributed by atoms with E-state index in [1.807, 2.05) is 0 Å². The van der Waals surface area contributed by atoms with Crippen LogP contribution in [-0.4, -0.2) is 0 Å². The Morgan fingerprint density at radius 1 is 1.50 bits per heavy atom. The van der Waals surface area contributed by atoms with E-state index < -0.39 is 0 Å². The van der Waals surface area contributed by atoms with Gasteiger partial charge < -0.3 is 0 Å². The van der Waals surface area contributed by atoms with Gasteiger partial charge in [0.25, 0.3) is 0 Å². The number of rotatable bonds is 0. The van der Waals surface area contributed by atoms with Crippen molar-refractivity contribution in [1.82, 2.24) is 0 Å². The monoisotopic (exact) mass is 163 g/mol. The van der Waals surface area contributed by atoms with Crippen molar-refractivity contribution < 1.29 is 0 Å². The molecule has 0 fully saturated rings. The molecule has 0 aromatic carbocycles. The second-order valence-corrected chi connectivity index (χ2v) is 4.62. The van der Waals surface area contributed by atoms with Gasteiger partial charge >= 0.3 is 0 Å². The maximum Gasteiger partial charge on any atom is 0.0946 e. The Hall–Kier alpha value is -0.770. The maximum atomic E-state index is 8.91. The van der Waals surface area contributed by atoms with Gasteiger partial charge in [0.15, 0.2) is 0 Å². The highest BCUT2D eigenvalue weighted by Gasteiger charge is 2.29. The van der Waals surface area contributed by atoms with Gasteiger partial charge in [0.2, 0.25) is 0 Å². The molecular formula is C11H17N. The zero-order valence-corrected chi connectivity index (χ0v) is 8.22. The summed E-state index contributed by atoms with van der Waals surface area (Å²) in [5, 5.41) is 8.91. The van der Waals surface area contributed by atoms with E-state index in [0.29, 0.717) is 5.92 Å². The lowest BCUT2D eigenvalue weighted by atomic mass is 9.71. The summed E-state index contributed by atoms with van der Waals surface area (Å²) in [6.07, 6.45) is 5.63. The molecule has 1 unspecified atom stereocenters. The third-order valence-corrected chi connectivity index (χ3v) is 2.61. The van der Waals surface area contributed by atoms with E-state index in [1.165, 1.54) is 12.8 Å². The zero-order valence-electron chi connectivity index (χ0n) is 8.22. The molecule has 0 N–H and O–H groups in total. The van der Waals surface area contributed by atoms with Crippen molar-refractivity contribution >= 4 is 0 Å². The third-order valence-electron chi connectivity index (χ3n) is 2.61. The lowest BCUT2D eigenvalue weighted by Crippen LogP contribution is -2.23. The fraction of sp³-hybridized carbons (Fsp3) is 0.727. The van der Waals surface area contributed by atoms with E-state index in [2.05, 4.69) is 32.9 Å². The van der Waals surface area contributed by atoms with Gasteiger partial charge in [-0.3, -0.25) is 0 Å². The third kappa shape index (κ3) is 1.88. The minimum absolute atomic E-state index is 0.252. The van der Waals surface area contributed by atoms with Crippen molar-refractivity contribution in [3.8, 4) is 6.07 Å². The lowest BCUT2D eigenvalue weighted by Gasteiger charge is -2.32. The first-order valence-electron chi connectivity index (χ1n) is 4.66. The minimum atomic E-state index is 0.252. The SMILES string of the molecule is CC(C)(C)C1CCCC=C1C#N. The molecule has 0 aromatic heterocycles. The molecule has 0 saturated heterocycles. The van der Waals surface area contributed by atoms with E-state index in [9.17, 15) is 0 Å². The standard InChI is InChI=1S/C11H17N/c1-11(2,3)10-7-5-4-6-9(10)8-12/h6,10H,4-5,7H2,1-3H3. The van der Waals surface area contributed by atoms with Crippen molar-refractivity contribution in [1.29, 1.82) is 5.26 Å². The van der Waals surface area contributed by atoms with Crippen LogP contribution in [0.3, 0.4) is 0 Å². The Balaban J connectivity index is 2.84. The first-order chi connectivity index (χ1) is 5.55. The molecule has 1 rings (SSSR count). The molecule has 0 amide bonds. The first kappa shape index (κ1) is 9.32. The predicted octanol–water partition coefficient (Wildman–Crippen LogP) is 3.28. The summed E-state index contributed by atoms with van der Waals surface area (Å²) in [5.74, 6) is 0.483. The highest BCUT2D eigenvalue weighted by Crippen LogP contribution is 2.38. The summed E-state index contributed by atoms with van der Waals surface area (Å²) in [5.41, 5.74) is 1.26. The molecule has 0 heterocycles. The topological polar surface area (TPSA) is 23.8 Å². The van der Waals surface area contributed by atoms with Crippen LogP contribution < -0.4 is 0 Å². The van der Waals surface area contributed by atoms with E-state index in [-0.39, 0.29) is 5.41 Å². The van der Waals surface area contributed by atoms with Gasteiger partial charge in [-0.2, -0.15) is 5.26 Å². The van der Waals surface area contributed by atoms with Crippen LogP contribution in [0.1, 0.15) is 40.0 Å². The molecular weight excluding hydrogens is 146 g/mol. The Labute approximate surface area is 75.1 Å². The van der Waals surface area contributed by atoms with Gasteiger partial charge in [-0.05, 0) is 30.6 Å². The van der Waals surface area contributed by atoms with Crippen LogP contribution >= 0.6 is 0 Å². The van der Waals surface area contributed by atoms with Crippen molar-refractivity contribution in [3.05, 3.63) is 11.6 Å². The summed E-state index contributed by atoms with van der Waals surface area (Å²) < 4.78 is 0.